The summed E-state index contributed by atoms with van der Waals surface area (Å²) in [5.41, 5.74) is -0.731. The van der Waals surface area contributed by atoms with Crippen molar-refractivity contribution in [2.45, 2.75) is 38.3 Å². The van der Waals surface area contributed by atoms with Crippen LogP contribution in [0.3, 0.4) is 0 Å². The molecule has 1 saturated carbocycles. The lowest BCUT2D eigenvalue weighted by Crippen LogP contribution is -2.44. The van der Waals surface area contributed by atoms with Gasteiger partial charge in [0, 0.05) is 46.6 Å². The number of hydrogen-bond acceptors (Lipinski definition) is 5. The van der Waals surface area contributed by atoms with Crippen LogP contribution in [-0.2, 0) is 10.9 Å². The molecule has 1 aliphatic carbocycles. The molecule has 0 spiro atoms. The zero-order valence-electron chi connectivity index (χ0n) is 16.8. The Kier molecular flexibility index (Phi) is 10.9. The molecule has 0 radical (unpaired) electrons. The molecule has 0 atom stereocenters. The molecule has 1 heterocycles. The van der Waals surface area contributed by atoms with E-state index in [1.807, 2.05) is 0 Å². The Hall–Kier alpha value is -1.37. The van der Waals surface area contributed by atoms with Gasteiger partial charge in [0.25, 0.3) is 0 Å². The van der Waals surface area contributed by atoms with Gasteiger partial charge in [0.1, 0.15) is 5.69 Å². The summed E-state index contributed by atoms with van der Waals surface area (Å²) in [7, 11) is 3.41. The molecule has 0 saturated heterocycles. The fraction of sp³-hybridized carbons (Fsp3) is 0.722. The fourth-order valence-electron chi connectivity index (χ4n) is 3.41. The average Bonchev–Trinajstić information content (AvgIpc) is 3.14. The van der Waals surface area contributed by atoms with Crippen molar-refractivity contribution in [2.24, 2.45) is 10.4 Å². The van der Waals surface area contributed by atoms with Gasteiger partial charge in [0.2, 0.25) is 5.95 Å². The number of aromatic nitrogens is 2. The van der Waals surface area contributed by atoms with E-state index in [0.717, 1.165) is 31.8 Å². The molecule has 0 amide bonds. The number of nitrogens with one attached hydrogen (secondary N) is 3. The first-order valence-corrected chi connectivity index (χ1v) is 9.46. The summed E-state index contributed by atoms with van der Waals surface area (Å²) in [4.78, 5) is 11.5. The van der Waals surface area contributed by atoms with Crippen molar-refractivity contribution in [1.29, 1.82) is 0 Å². The van der Waals surface area contributed by atoms with Crippen LogP contribution in [-0.4, -0.2) is 56.3 Å². The number of alkyl halides is 3. The highest BCUT2D eigenvalue weighted by Gasteiger charge is 2.34. The Labute approximate surface area is 186 Å². The smallest absolute Gasteiger partial charge is 0.385 e. The normalized spacial score (nSPS) is 16.2. The number of methoxy groups -OCH3 is 1. The van der Waals surface area contributed by atoms with E-state index in [-0.39, 0.29) is 35.3 Å². The predicted octanol–water partition coefficient (Wildman–Crippen LogP) is 3.29. The van der Waals surface area contributed by atoms with Crippen molar-refractivity contribution >= 4 is 35.9 Å². The molecule has 3 N–H and O–H groups in total. The maximum Gasteiger partial charge on any atom is 0.433 e. The maximum atomic E-state index is 12.7. The van der Waals surface area contributed by atoms with E-state index >= 15 is 0 Å². The molecule has 0 aliphatic heterocycles. The molecule has 11 heteroatoms. The van der Waals surface area contributed by atoms with Gasteiger partial charge in [0.05, 0.1) is 0 Å². The van der Waals surface area contributed by atoms with Gasteiger partial charge in [-0.2, -0.15) is 13.2 Å². The van der Waals surface area contributed by atoms with Crippen molar-refractivity contribution < 1.29 is 17.9 Å². The Morgan fingerprint density at radius 3 is 2.59 bits per heavy atom. The number of hydrogen-bond donors (Lipinski definition) is 3. The second-order valence-electron chi connectivity index (χ2n) is 6.99. The third-order valence-electron chi connectivity index (χ3n) is 5.00. The van der Waals surface area contributed by atoms with Gasteiger partial charge >= 0.3 is 6.18 Å². The molecule has 166 valence electrons. The Balaban J connectivity index is 0.00000420. The number of halogens is 4. The number of ether oxygens (including phenoxy) is 1. The molecular formula is C18H30F3IN6O. The minimum absolute atomic E-state index is 0. The monoisotopic (exact) mass is 530 g/mol. The number of rotatable bonds is 9. The quantitative estimate of drug-likeness (QED) is 0.197. The second-order valence-corrected chi connectivity index (χ2v) is 6.99. The van der Waals surface area contributed by atoms with E-state index in [1.54, 1.807) is 14.2 Å². The van der Waals surface area contributed by atoms with Crippen LogP contribution in [0.25, 0.3) is 0 Å². The van der Waals surface area contributed by atoms with E-state index in [0.29, 0.717) is 19.0 Å². The van der Waals surface area contributed by atoms with Crippen LogP contribution in [0.5, 0.6) is 0 Å². The van der Waals surface area contributed by atoms with E-state index in [2.05, 4.69) is 30.9 Å². The molecule has 29 heavy (non-hydrogen) atoms. The summed E-state index contributed by atoms with van der Waals surface area (Å²) >= 11 is 0. The molecule has 1 aliphatic rings. The Morgan fingerprint density at radius 2 is 1.97 bits per heavy atom. The van der Waals surface area contributed by atoms with Crippen molar-refractivity contribution in [2.75, 3.05) is 45.7 Å². The third-order valence-corrected chi connectivity index (χ3v) is 5.00. The summed E-state index contributed by atoms with van der Waals surface area (Å²) in [6.45, 7) is 2.38. The maximum absolute atomic E-state index is 12.7. The largest absolute Gasteiger partial charge is 0.433 e. The van der Waals surface area contributed by atoms with Crippen molar-refractivity contribution in [3.63, 3.8) is 0 Å². The van der Waals surface area contributed by atoms with Crippen LogP contribution in [0.1, 0.15) is 37.8 Å². The van der Waals surface area contributed by atoms with Crippen molar-refractivity contribution in [3.05, 3.63) is 18.0 Å². The van der Waals surface area contributed by atoms with E-state index in [9.17, 15) is 13.2 Å². The summed E-state index contributed by atoms with van der Waals surface area (Å²) in [6.07, 6.45) is 2.44. The van der Waals surface area contributed by atoms with Crippen LogP contribution >= 0.6 is 24.0 Å². The standard InChI is InChI=1S/C18H29F3N6O.HI/c1-22-15(26-13-17(8-12-28-2)6-3-4-7-17)24-10-11-25-16-23-9-5-14(27-16)18(19,20)21;/h5,9H,3-4,6-8,10-13H2,1-2H3,(H2,22,24,26)(H,23,25,27);1H. The summed E-state index contributed by atoms with van der Waals surface area (Å²) in [5.74, 6) is 0.611. The van der Waals surface area contributed by atoms with Gasteiger partial charge < -0.3 is 20.7 Å². The molecule has 1 aromatic rings. The third kappa shape index (κ3) is 8.49. The zero-order chi connectivity index (χ0) is 20.5. The van der Waals surface area contributed by atoms with Gasteiger partial charge in [0.15, 0.2) is 5.96 Å². The van der Waals surface area contributed by atoms with Crippen LogP contribution in [0.2, 0.25) is 0 Å². The summed E-state index contributed by atoms with van der Waals surface area (Å²) in [6, 6.07) is 0.845. The summed E-state index contributed by atoms with van der Waals surface area (Å²) in [5, 5.41) is 9.30. The van der Waals surface area contributed by atoms with Gasteiger partial charge in [-0.3, -0.25) is 4.99 Å². The topological polar surface area (TPSA) is 83.5 Å². The SMILES string of the molecule is CN=C(NCCNc1nccc(C(F)(F)F)n1)NCC1(CCOC)CCCC1.I. The second kappa shape index (κ2) is 12.4. The van der Waals surface area contributed by atoms with Crippen molar-refractivity contribution in [3.8, 4) is 0 Å². The lowest BCUT2D eigenvalue weighted by Gasteiger charge is -2.30. The Morgan fingerprint density at radius 1 is 1.24 bits per heavy atom. The molecule has 1 fully saturated rings. The van der Waals surface area contributed by atoms with Crippen LogP contribution < -0.4 is 16.0 Å². The van der Waals surface area contributed by atoms with E-state index in [4.69, 9.17) is 4.74 Å². The van der Waals surface area contributed by atoms with Gasteiger partial charge in [-0.05, 0) is 30.7 Å². The average molecular weight is 530 g/mol. The van der Waals surface area contributed by atoms with Crippen LogP contribution in [0.4, 0.5) is 19.1 Å². The van der Waals surface area contributed by atoms with E-state index < -0.39 is 11.9 Å². The van der Waals surface area contributed by atoms with Crippen LogP contribution in [0.15, 0.2) is 17.3 Å². The fourth-order valence-corrected chi connectivity index (χ4v) is 3.41. The first-order chi connectivity index (χ1) is 13.4. The minimum Gasteiger partial charge on any atom is -0.385 e. The number of anilines is 1. The number of nitrogens with zero attached hydrogens (tertiary/aromatic N) is 3. The molecule has 0 bridgehead atoms. The number of aliphatic imine (C=N–C) groups is 1. The lowest BCUT2D eigenvalue weighted by molar-refractivity contribution is -0.141. The van der Waals surface area contributed by atoms with Gasteiger partial charge in [-0.1, -0.05) is 12.8 Å². The van der Waals surface area contributed by atoms with Crippen molar-refractivity contribution in [1.82, 2.24) is 20.6 Å². The highest BCUT2D eigenvalue weighted by atomic mass is 127. The first-order valence-electron chi connectivity index (χ1n) is 9.46. The summed E-state index contributed by atoms with van der Waals surface area (Å²) < 4.78 is 43.3. The highest BCUT2D eigenvalue weighted by molar-refractivity contribution is 14.0. The molecule has 0 aromatic carbocycles. The van der Waals surface area contributed by atoms with Gasteiger partial charge in [-0.15, -0.1) is 24.0 Å². The predicted molar refractivity (Wildman–Crippen MR) is 118 cm³/mol. The molecule has 1 aromatic heterocycles. The van der Waals surface area contributed by atoms with Crippen LogP contribution in [0, 0.1) is 5.41 Å². The molecule has 7 nitrogen and oxygen atoms in total. The number of guanidine groups is 1. The Bertz CT molecular complexity index is 638. The minimum atomic E-state index is -4.48. The molecule has 0 unspecified atom stereocenters. The van der Waals surface area contributed by atoms with E-state index in [1.165, 1.54) is 25.7 Å². The highest BCUT2D eigenvalue weighted by Crippen LogP contribution is 2.40. The zero-order valence-corrected chi connectivity index (χ0v) is 19.1. The first kappa shape index (κ1) is 25.7. The molecular weight excluding hydrogens is 500 g/mol. The van der Waals surface area contributed by atoms with Gasteiger partial charge in [-0.25, -0.2) is 9.97 Å². The molecule has 2 rings (SSSR count). The lowest BCUT2D eigenvalue weighted by atomic mass is 9.83.